The molecule has 4 rings (SSSR count). The van der Waals surface area contributed by atoms with E-state index < -0.39 is 10.0 Å². The van der Waals surface area contributed by atoms with Gasteiger partial charge in [-0.15, -0.1) is 11.8 Å². The Morgan fingerprint density at radius 1 is 1.21 bits per heavy atom. The molecular formula is C22H32N4O5S2. The number of morpholine rings is 1. The predicted molar refractivity (Wildman–Crippen MR) is 127 cm³/mol. The highest BCUT2D eigenvalue weighted by atomic mass is 32.2. The maximum absolute atomic E-state index is 13.1. The van der Waals surface area contributed by atoms with Crippen LogP contribution in [0.2, 0.25) is 0 Å². The van der Waals surface area contributed by atoms with Crippen molar-refractivity contribution in [2.24, 2.45) is 0 Å². The van der Waals surface area contributed by atoms with Crippen LogP contribution >= 0.6 is 11.8 Å². The number of anilines is 1. The highest BCUT2D eigenvalue weighted by molar-refractivity contribution is 8.00. The molecule has 11 heteroatoms. The number of hydrogen-bond donors (Lipinski definition) is 1. The van der Waals surface area contributed by atoms with Gasteiger partial charge in [0.05, 0.1) is 29.5 Å². The zero-order valence-electron chi connectivity index (χ0n) is 19.0. The topological polar surface area (TPSA) is 99.3 Å². The first-order chi connectivity index (χ1) is 15.9. The van der Waals surface area contributed by atoms with Gasteiger partial charge in [0.25, 0.3) is 0 Å². The van der Waals surface area contributed by atoms with E-state index in [1.54, 1.807) is 12.1 Å². The lowest BCUT2D eigenvalue weighted by molar-refractivity contribution is -0.123. The van der Waals surface area contributed by atoms with E-state index in [0.717, 1.165) is 18.0 Å². The summed E-state index contributed by atoms with van der Waals surface area (Å²) < 4.78 is 32.8. The van der Waals surface area contributed by atoms with Crippen LogP contribution < -0.4 is 10.2 Å². The Balaban J connectivity index is 1.43. The van der Waals surface area contributed by atoms with Gasteiger partial charge in [-0.1, -0.05) is 6.42 Å². The molecule has 3 heterocycles. The molecule has 0 saturated carbocycles. The van der Waals surface area contributed by atoms with Gasteiger partial charge < -0.3 is 15.0 Å². The van der Waals surface area contributed by atoms with Crippen LogP contribution in [0.4, 0.5) is 5.69 Å². The number of fused-ring (bicyclic) bond motifs is 1. The molecule has 33 heavy (non-hydrogen) atoms. The fraction of sp³-hybridized carbons (Fsp3) is 0.636. The summed E-state index contributed by atoms with van der Waals surface area (Å²) in [4.78, 5) is 30.0. The summed E-state index contributed by atoms with van der Waals surface area (Å²) in [5, 5.41) is 2.92. The van der Waals surface area contributed by atoms with Crippen LogP contribution in [0.3, 0.4) is 0 Å². The van der Waals surface area contributed by atoms with E-state index in [1.807, 2.05) is 0 Å². The summed E-state index contributed by atoms with van der Waals surface area (Å²) in [5.74, 6) is -0.221. The van der Waals surface area contributed by atoms with Gasteiger partial charge in [-0.25, -0.2) is 8.42 Å². The Kier molecular flexibility index (Phi) is 7.95. The molecule has 1 atom stereocenters. The Morgan fingerprint density at radius 3 is 2.76 bits per heavy atom. The molecule has 0 aromatic heterocycles. The Bertz CT molecular complexity index is 981. The van der Waals surface area contributed by atoms with E-state index in [9.17, 15) is 18.0 Å². The molecule has 182 valence electrons. The van der Waals surface area contributed by atoms with E-state index in [0.29, 0.717) is 44.6 Å². The van der Waals surface area contributed by atoms with Crippen LogP contribution in [0.1, 0.15) is 26.2 Å². The van der Waals surface area contributed by atoms with Gasteiger partial charge in [0.2, 0.25) is 21.8 Å². The second-order valence-corrected chi connectivity index (χ2v) is 11.6. The number of ether oxygens (including phenoxy) is 1. The first-order valence-corrected chi connectivity index (χ1v) is 13.9. The van der Waals surface area contributed by atoms with Crippen molar-refractivity contribution in [1.29, 1.82) is 0 Å². The molecule has 9 nitrogen and oxygen atoms in total. The maximum atomic E-state index is 13.1. The molecule has 0 bridgehead atoms. The van der Waals surface area contributed by atoms with Crippen molar-refractivity contribution in [3.05, 3.63) is 18.2 Å². The molecule has 1 N–H and O–H groups in total. The first-order valence-electron chi connectivity index (χ1n) is 11.5. The molecule has 3 aliphatic rings. The number of nitrogens with zero attached hydrogens (tertiary/aromatic N) is 3. The van der Waals surface area contributed by atoms with Gasteiger partial charge in [-0.2, -0.15) is 4.31 Å². The summed E-state index contributed by atoms with van der Waals surface area (Å²) in [6, 6.07) is 5.34. The molecule has 2 fully saturated rings. The third-order valence-electron chi connectivity index (χ3n) is 6.44. The van der Waals surface area contributed by atoms with E-state index in [4.69, 9.17) is 4.74 Å². The van der Waals surface area contributed by atoms with Gasteiger partial charge in [0.1, 0.15) is 6.54 Å². The minimum absolute atomic E-state index is 0.122. The number of benzene rings is 1. The minimum atomic E-state index is -3.70. The second kappa shape index (κ2) is 10.7. The van der Waals surface area contributed by atoms with Gasteiger partial charge in [0, 0.05) is 37.1 Å². The average Bonchev–Trinajstić information content (AvgIpc) is 2.82. The number of amides is 2. The second-order valence-electron chi connectivity index (χ2n) is 8.65. The average molecular weight is 497 g/mol. The number of piperidine rings is 1. The number of nitrogens with one attached hydrogen (secondary N) is 1. The van der Waals surface area contributed by atoms with Gasteiger partial charge >= 0.3 is 0 Å². The van der Waals surface area contributed by atoms with Gasteiger partial charge in [0.15, 0.2) is 0 Å². The molecule has 0 spiro atoms. The van der Waals surface area contributed by atoms with E-state index in [-0.39, 0.29) is 29.0 Å². The highest BCUT2D eigenvalue weighted by Crippen LogP contribution is 2.37. The molecule has 2 amide bonds. The van der Waals surface area contributed by atoms with Crippen LogP contribution in [0.5, 0.6) is 0 Å². The smallest absolute Gasteiger partial charge is 0.243 e. The van der Waals surface area contributed by atoms with Crippen LogP contribution in [0.15, 0.2) is 28.0 Å². The van der Waals surface area contributed by atoms with Crippen molar-refractivity contribution in [1.82, 2.24) is 14.5 Å². The zero-order valence-corrected chi connectivity index (χ0v) is 20.6. The van der Waals surface area contributed by atoms with Crippen LogP contribution in [0, 0.1) is 0 Å². The van der Waals surface area contributed by atoms with E-state index in [2.05, 4.69) is 17.1 Å². The number of hydrogen-bond acceptors (Lipinski definition) is 7. The third-order valence-corrected chi connectivity index (χ3v) is 9.39. The fourth-order valence-corrected chi connectivity index (χ4v) is 6.82. The van der Waals surface area contributed by atoms with Crippen LogP contribution in [-0.2, 0) is 24.3 Å². The van der Waals surface area contributed by atoms with Crippen LogP contribution in [0.25, 0.3) is 0 Å². The van der Waals surface area contributed by atoms with E-state index in [1.165, 1.54) is 46.3 Å². The Morgan fingerprint density at radius 2 is 2.00 bits per heavy atom. The number of likely N-dealkylation sites (tertiary alicyclic amines) is 1. The summed E-state index contributed by atoms with van der Waals surface area (Å²) in [6.07, 6.45) is 3.62. The number of thioether (sulfide) groups is 1. The Hall–Kier alpha value is -1.66. The SMILES string of the molecule is C[C@@H]1CCCCN1CCNC(=O)CN1C(=O)CSc2ccc(S(=O)(=O)N3CCOCC3)cc21. The summed E-state index contributed by atoms with van der Waals surface area (Å²) in [5.41, 5.74) is 0.477. The van der Waals surface area contributed by atoms with Gasteiger partial charge in [-0.05, 0) is 44.5 Å². The van der Waals surface area contributed by atoms with Crippen molar-refractivity contribution in [2.45, 2.75) is 42.0 Å². The largest absolute Gasteiger partial charge is 0.379 e. The summed E-state index contributed by atoms with van der Waals surface area (Å²) >= 11 is 1.36. The lowest BCUT2D eigenvalue weighted by Gasteiger charge is -2.33. The van der Waals surface area contributed by atoms with Crippen molar-refractivity contribution in [3.63, 3.8) is 0 Å². The van der Waals surface area contributed by atoms with Crippen molar-refractivity contribution in [2.75, 3.05) is 63.1 Å². The quantitative estimate of drug-likeness (QED) is 0.604. The number of carbonyl (C=O) groups excluding carboxylic acids is 2. The highest BCUT2D eigenvalue weighted by Gasteiger charge is 2.31. The Labute approximate surface area is 199 Å². The maximum Gasteiger partial charge on any atom is 0.243 e. The lowest BCUT2D eigenvalue weighted by Crippen LogP contribution is -2.46. The first kappa shape index (κ1) is 24.5. The molecular weight excluding hydrogens is 464 g/mol. The van der Waals surface area contributed by atoms with Crippen molar-refractivity contribution >= 4 is 39.3 Å². The minimum Gasteiger partial charge on any atom is -0.379 e. The number of sulfonamides is 1. The molecule has 1 aromatic carbocycles. The van der Waals surface area contributed by atoms with Gasteiger partial charge in [-0.3, -0.25) is 14.5 Å². The van der Waals surface area contributed by atoms with Crippen LogP contribution in [-0.4, -0.2) is 93.7 Å². The molecule has 0 unspecified atom stereocenters. The molecule has 3 aliphatic heterocycles. The standard InChI is InChI=1S/C22H32N4O5S2/c1-17-4-2-3-8-24(17)9-7-23-21(27)15-26-19-14-18(5-6-20(19)32-16-22(26)28)33(29,30)25-10-12-31-13-11-25/h5-6,14,17H,2-4,7-13,15-16H2,1H3,(H,23,27)/t17-/m1/s1. The lowest BCUT2D eigenvalue weighted by atomic mass is 10.0. The number of rotatable bonds is 7. The van der Waals surface area contributed by atoms with Crippen molar-refractivity contribution in [3.8, 4) is 0 Å². The molecule has 2 saturated heterocycles. The summed E-state index contributed by atoms with van der Waals surface area (Å²) in [7, 11) is -3.70. The third kappa shape index (κ3) is 5.71. The fourth-order valence-electron chi connectivity index (χ4n) is 4.48. The normalized spacial score (nSPS) is 22.8. The zero-order chi connectivity index (χ0) is 23.4. The number of carbonyl (C=O) groups is 2. The molecule has 1 aromatic rings. The summed E-state index contributed by atoms with van der Waals surface area (Å²) in [6.45, 7) is 5.78. The monoisotopic (exact) mass is 496 g/mol. The van der Waals surface area contributed by atoms with E-state index >= 15 is 0 Å². The molecule has 0 radical (unpaired) electrons. The molecule has 0 aliphatic carbocycles. The predicted octanol–water partition coefficient (Wildman–Crippen LogP) is 1.14. The van der Waals surface area contributed by atoms with Crippen molar-refractivity contribution < 1.29 is 22.7 Å².